The first-order chi connectivity index (χ1) is 7.09. The molecule has 0 aromatic carbocycles. The van der Waals surface area contributed by atoms with E-state index in [0.29, 0.717) is 10.7 Å². The van der Waals surface area contributed by atoms with E-state index in [1.165, 1.54) is 12.3 Å². The third kappa shape index (κ3) is 1.72. The van der Waals surface area contributed by atoms with E-state index >= 15 is 0 Å². The van der Waals surface area contributed by atoms with E-state index in [1.807, 2.05) is 13.8 Å². The zero-order valence-electron chi connectivity index (χ0n) is 8.33. The van der Waals surface area contributed by atoms with Gasteiger partial charge in [-0.25, -0.2) is 9.67 Å². The van der Waals surface area contributed by atoms with Gasteiger partial charge in [0.25, 0.3) is 0 Å². The molecule has 2 aromatic rings. The maximum absolute atomic E-state index is 12.9. The Balaban J connectivity index is 2.59. The molecule has 0 saturated carbocycles. The summed E-state index contributed by atoms with van der Waals surface area (Å²) in [6, 6.07) is 2.99. The Morgan fingerprint density at radius 3 is 2.67 bits per heavy atom. The third-order valence-corrected chi connectivity index (χ3v) is 2.70. The molecule has 0 fully saturated rings. The summed E-state index contributed by atoms with van der Waals surface area (Å²) in [5.74, 6) is -0.531. The average Bonchev–Trinajstić information content (AvgIpc) is 2.46. The molecule has 3 nitrogen and oxygen atoms in total. The maximum atomic E-state index is 12.9. The van der Waals surface area contributed by atoms with Crippen molar-refractivity contribution in [2.24, 2.45) is 0 Å². The molecule has 0 aliphatic carbocycles. The zero-order valence-corrected chi connectivity index (χ0v) is 9.09. The topological polar surface area (TPSA) is 30.7 Å². The van der Waals surface area contributed by atoms with E-state index in [1.54, 1.807) is 10.7 Å². The van der Waals surface area contributed by atoms with Crippen LogP contribution in [0.3, 0.4) is 0 Å². The number of rotatable bonds is 1. The predicted molar refractivity (Wildman–Crippen MR) is 55.8 cm³/mol. The van der Waals surface area contributed by atoms with Crippen LogP contribution in [0.4, 0.5) is 4.39 Å². The molecule has 2 rings (SSSR count). The van der Waals surface area contributed by atoms with Gasteiger partial charge in [0.1, 0.15) is 0 Å². The molecular formula is C10H9ClFN3. The Morgan fingerprint density at radius 1 is 1.40 bits per heavy atom. The number of aryl methyl sites for hydroxylation is 1. The molecule has 5 heteroatoms. The lowest BCUT2D eigenvalue weighted by molar-refractivity contribution is 0.581. The Hall–Kier alpha value is -1.42. The van der Waals surface area contributed by atoms with Crippen molar-refractivity contribution < 1.29 is 4.39 Å². The lowest BCUT2D eigenvalue weighted by Gasteiger charge is -2.03. The van der Waals surface area contributed by atoms with Crippen LogP contribution < -0.4 is 0 Å². The maximum Gasteiger partial charge on any atom is 0.214 e. The molecule has 2 aromatic heterocycles. The smallest absolute Gasteiger partial charge is 0.214 e. The summed E-state index contributed by atoms with van der Waals surface area (Å²) in [5.41, 5.74) is 2.14. The van der Waals surface area contributed by atoms with E-state index in [0.717, 1.165) is 11.4 Å². The van der Waals surface area contributed by atoms with Gasteiger partial charge in [-0.2, -0.15) is 9.49 Å². The molecule has 0 aliphatic rings. The molecule has 2 heterocycles. The van der Waals surface area contributed by atoms with Gasteiger partial charge in [0.15, 0.2) is 0 Å². The highest BCUT2D eigenvalue weighted by Crippen LogP contribution is 2.22. The quantitative estimate of drug-likeness (QED) is 0.699. The standard InChI is InChI=1S/C10H9ClFN3/c1-6-10(11)7(2)15(14-6)8-3-4-13-9(12)5-8/h3-5H,1-2H3. The molecule has 0 saturated heterocycles. The number of hydrogen-bond acceptors (Lipinski definition) is 2. The monoisotopic (exact) mass is 225 g/mol. The van der Waals surface area contributed by atoms with Crippen molar-refractivity contribution in [1.29, 1.82) is 0 Å². The highest BCUT2D eigenvalue weighted by molar-refractivity contribution is 6.31. The molecule has 0 atom stereocenters. The summed E-state index contributed by atoms with van der Waals surface area (Å²) in [7, 11) is 0. The fourth-order valence-corrected chi connectivity index (χ4v) is 1.52. The van der Waals surface area contributed by atoms with Crippen molar-refractivity contribution in [2.75, 3.05) is 0 Å². The van der Waals surface area contributed by atoms with Gasteiger partial charge in [0.2, 0.25) is 5.95 Å². The molecule has 0 aliphatic heterocycles. The molecule has 15 heavy (non-hydrogen) atoms. The highest BCUT2D eigenvalue weighted by atomic mass is 35.5. The number of hydrogen-bond donors (Lipinski definition) is 0. The first kappa shape index (κ1) is 10.1. The minimum absolute atomic E-state index is 0.531. The molecule has 0 bridgehead atoms. The molecule has 0 amide bonds. The normalized spacial score (nSPS) is 10.7. The average molecular weight is 226 g/mol. The Bertz CT molecular complexity index is 507. The van der Waals surface area contributed by atoms with E-state index in [2.05, 4.69) is 10.1 Å². The van der Waals surface area contributed by atoms with Crippen molar-refractivity contribution >= 4 is 11.6 Å². The van der Waals surface area contributed by atoms with Crippen LogP contribution in [0, 0.1) is 19.8 Å². The van der Waals surface area contributed by atoms with Crippen molar-refractivity contribution in [3.8, 4) is 5.69 Å². The summed E-state index contributed by atoms with van der Waals surface area (Å²) in [6.07, 6.45) is 1.40. The van der Waals surface area contributed by atoms with Gasteiger partial charge in [0.05, 0.1) is 22.1 Å². The first-order valence-corrected chi connectivity index (χ1v) is 4.81. The van der Waals surface area contributed by atoms with Gasteiger partial charge in [-0.1, -0.05) is 11.6 Å². The molecule has 0 N–H and O–H groups in total. The molecule has 0 unspecified atom stereocenters. The number of pyridine rings is 1. The summed E-state index contributed by atoms with van der Waals surface area (Å²) < 4.78 is 14.5. The van der Waals surface area contributed by atoms with Gasteiger partial charge in [-0.05, 0) is 19.9 Å². The lowest BCUT2D eigenvalue weighted by Crippen LogP contribution is -2.00. The fourth-order valence-electron chi connectivity index (χ4n) is 1.40. The highest BCUT2D eigenvalue weighted by Gasteiger charge is 2.10. The van der Waals surface area contributed by atoms with Crippen LogP contribution in [0.15, 0.2) is 18.3 Å². The molecule has 78 valence electrons. The Kier molecular flexibility index (Phi) is 2.44. The summed E-state index contributed by atoms with van der Waals surface area (Å²) >= 11 is 6.00. The lowest BCUT2D eigenvalue weighted by atomic mass is 10.3. The SMILES string of the molecule is Cc1nn(-c2ccnc(F)c2)c(C)c1Cl. The largest absolute Gasteiger partial charge is 0.236 e. The van der Waals surface area contributed by atoms with Gasteiger partial charge >= 0.3 is 0 Å². The second-order valence-corrected chi connectivity index (χ2v) is 3.61. The van der Waals surface area contributed by atoms with Crippen LogP contribution >= 0.6 is 11.6 Å². The van der Waals surface area contributed by atoms with E-state index in [-0.39, 0.29) is 0 Å². The Labute approximate surface area is 91.5 Å². The summed E-state index contributed by atoms with van der Waals surface area (Å²) in [4.78, 5) is 3.48. The summed E-state index contributed by atoms with van der Waals surface area (Å²) in [6.45, 7) is 3.64. The summed E-state index contributed by atoms with van der Waals surface area (Å²) in [5, 5.41) is 4.82. The third-order valence-electron chi connectivity index (χ3n) is 2.16. The van der Waals surface area contributed by atoms with Gasteiger partial charge in [-0.3, -0.25) is 0 Å². The van der Waals surface area contributed by atoms with E-state index in [4.69, 9.17) is 11.6 Å². The second-order valence-electron chi connectivity index (χ2n) is 3.23. The van der Waals surface area contributed by atoms with Gasteiger partial charge in [0, 0.05) is 12.3 Å². The van der Waals surface area contributed by atoms with Crippen LogP contribution in [-0.2, 0) is 0 Å². The first-order valence-electron chi connectivity index (χ1n) is 4.43. The van der Waals surface area contributed by atoms with E-state index < -0.39 is 5.95 Å². The van der Waals surface area contributed by atoms with Crippen LogP contribution in [0.1, 0.15) is 11.4 Å². The van der Waals surface area contributed by atoms with Crippen LogP contribution in [0.25, 0.3) is 5.69 Å². The van der Waals surface area contributed by atoms with Crippen LogP contribution in [0.2, 0.25) is 5.02 Å². The van der Waals surface area contributed by atoms with Crippen LogP contribution in [-0.4, -0.2) is 14.8 Å². The van der Waals surface area contributed by atoms with Crippen molar-refractivity contribution in [3.05, 3.63) is 40.7 Å². The molecular weight excluding hydrogens is 217 g/mol. The van der Waals surface area contributed by atoms with Crippen molar-refractivity contribution in [3.63, 3.8) is 0 Å². The van der Waals surface area contributed by atoms with Gasteiger partial charge < -0.3 is 0 Å². The Morgan fingerprint density at radius 2 is 2.13 bits per heavy atom. The number of aromatic nitrogens is 3. The minimum atomic E-state index is -0.531. The number of nitrogens with zero attached hydrogens (tertiary/aromatic N) is 3. The van der Waals surface area contributed by atoms with Crippen molar-refractivity contribution in [2.45, 2.75) is 13.8 Å². The predicted octanol–water partition coefficient (Wildman–Crippen LogP) is 2.68. The van der Waals surface area contributed by atoms with Gasteiger partial charge in [-0.15, -0.1) is 0 Å². The number of halogens is 2. The fraction of sp³-hybridized carbons (Fsp3) is 0.200. The molecule has 0 radical (unpaired) electrons. The molecule has 0 spiro atoms. The minimum Gasteiger partial charge on any atom is -0.236 e. The second kappa shape index (κ2) is 3.62. The van der Waals surface area contributed by atoms with E-state index in [9.17, 15) is 4.39 Å². The van der Waals surface area contributed by atoms with Crippen molar-refractivity contribution in [1.82, 2.24) is 14.8 Å². The van der Waals surface area contributed by atoms with Crippen LogP contribution in [0.5, 0.6) is 0 Å². The zero-order chi connectivity index (χ0) is 11.0.